The molecule has 116 valence electrons. The zero-order valence-electron chi connectivity index (χ0n) is 12.0. The summed E-state index contributed by atoms with van der Waals surface area (Å²) >= 11 is 0. The molecule has 0 radical (unpaired) electrons. The van der Waals surface area contributed by atoms with Gasteiger partial charge in [0, 0.05) is 24.6 Å². The van der Waals surface area contributed by atoms with E-state index in [0.717, 1.165) is 5.56 Å². The van der Waals surface area contributed by atoms with Gasteiger partial charge in [-0.2, -0.15) is 0 Å². The Labute approximate surface area is 122 Å². The first kappa shape index (κ1) is 16.8. The van der Waals surface area contributed by atoms with Crippen molar-refractivity contribution in [2.24, 2.45) is 0 Å². The molecule has 0 saturated heterocycles. The van der Waals surface area contributed by atoms with Crippen LogP contribution in [0.5, 0.6) is 11.5 Å². The van der Waals surface area contributed by atoms with Gasteiger partial charge >= 0.3 is 11.9 Å². The number of carboxylic acid groups (broad SMARTS) is 2. The maximum absolute atomic E-state index is 11.1. The lowest BCUT2D eigenvalue weighted by Crippen LogP contribution is -2.36. The Hall–Kier alpha value is -2.28. The molecule has 0 amide bonds. The predicted octanol–water partition coefficient (Wildman–Crippen LogP) is 1.11. The topological polar surface area (TPSA) is 105 Å². The van der Waals surface area contributed by atoms with Gasteiger partial charge in [-0.25, -0.2) is 0 Å². The fourth-order valence-corrected chi connectivity index (χ4v) is 1.81. The second-order valence-electron chi connectivity index (χ2n) is 4.38. The van der Waals surface area contributed by atoms with Gasteiger partial charge in [0.1, 0.15) is 17.5 Å². The zero-order chi connectivity index (χ0) is 15.8. The van der Waals surface area contributed by atoms with E-state index < -0.39 is 18.0 Å². The minimum atomic E-state index is -1.08. The molecule has 0 aromatic heterocycles. The highest BCUT2D eigenvalue weighted by molar-refractivity contribution is 5.75. The highest BCUT2D eigenvalue weighted by Gasteiger charge is 2.18. The van der Waals surface area contributed by atoms with Crippen LogP contribution in [0, 0.1) is 0 Å². The van der Waals surface area contributed by atoms with E-state index in [4.69, 9.17) is 19.7 Å². The number of methoxy groups -OCH3 is 2. The van der Waals surface area contributed by atoms with E-state index in [0.29, 0.717) is 11.5 Å². The number of benzene rings is 1. The van der Waals surface area contributed by atoms with Crippen molar-refractivity contribution in [3.63, 3.8) is 0 Å². The van der Waals surface area contributed by atoms with Crippen LogP contribution in [0.2, 0.25) is 0 Å². The van der Waals surface area contributed by atoms with Gasteiger partial charge < -0.3 is 25.0 Å². The Morgan fingerprint density at radius 3 is 2.48 bits per heavy atom. The van der Waals surface area contributed by atoms with E-state index in [1.807, 2.05) is 0 Å². The van der Waals surface area contributed by atoms with Crippen LogP contribution in [0.3, 0.4) is 0 Å². The molecule has 0 heterocycles. The first-order valence-corrected chi connectivity index (χ1v) is 6.36. The summed E-state index contributed by atoms with van der Waals surface area (Å²) in [7, 11) is 3.05. The Balaban J connectivity index is 2.71. The Kier molecular flexibility index (Phi) is 6.48. The summed E-state index contributed by atoms with van der Waals surface area (Å²) in [6.45, 7) is 0.254. The molecule has 0 aliphatic heterocycles. The van der Waals surface area contributed by atoms with E-state index >= 15 is 0 Å². The van der Waals surface area contributed by atoms with Crippen molar-refractivity contribution >= 4 is 11.9 Å². The molecule has 0 saturated carbocycles. The lowest BCUT2D eigenvalue weighted by Gasteiger charge is -2.15. The first-order chi connectivity index (χ1) is 9.97. The normalized spacial score (nSPS) is 11.7. The van der Waals surface area contributed by atoms with Crippen LogP contribution in [0.25, 0.3) is 0 Å². The lowest BCUT2D eigenvalue weighted by atomic mass is 10.1. The SMILES string of the molecule is COc1ccc(CNC(CCC(=O)O)C(=O)O)c(OC)c1. The molecule has 0 bridgehead atoms. The second-order valence-corrected chi connectivity index (χ2v) is 4.38. The molecule has 1 atom stereocenters. The number of carboxylic acids is 2. The summed E-state index contributed by atoms with van der Waals surface area (Å²) in [5.41, 5.74) is 0.764. The Bertz CT molecular complexity index is 502. The summed E-state index contributed by atoms with van der Waals surface area (Å²) in [6.07, 6.45) is -0.188. The number of nitrogens with one attached hydrogen (secondary N) is 1. The van der Waals surface area contributed by atoms with Crippen LogP contribution in [0.1, 0.15) is 18.4 Å². The summed E-state index contributed by atoms with van der Waals surface area (Å²) in [5, 5.41) is 20.5. The molecule has 7 nitrogen and oxygen atoms in total. The Morgan fingerprint density at radius 2 is 1.95 bits per heavy atom. The predicted molar refractivity (Wildman–Crippen MR) is 74.7 cm³/mol. The molecular weight excluding hydrogens is 278 g/mol. The van der Waals surface area contributed by atoms with Crippen molar-refractivity contribution in [2.75, 3.05) is 14.2 Å². The third kappa shape index (κ3) is 5.31. The molecule has 7 heteroatoms. The molecule has 1 rings (SSSR count). The van der Waals surface area contributed by atoms with Gasteiger partial charge in [0.25, 0.3) is 0 Å². The van der Waals surface area contributed by atoms with Gasteiger partial charge in [-0.15, -0.1) is 0 Å². The van der Waals surface area contributed by atoms with Gasteiger partial charge in [-0.1, -0.05) is 6.07 Å². The highest BCUT2D eigenvalue weighted by atomic mass is 16.5. The van der Waals surface area contributed by atoms with Crippen LogP contribution >= 0.6 is 0 Å². The minimum absolute atomic E-state index is 0.0170. The monoisotopic (exact) mass is 297 g/mol. The van der Waals surface area contributed by atoms with Crippen molar-refractivity contribution < 1.29 is 29.3 Å². The molecule has 1 aromatic carbocycles. The van der Waals surface area contributed by atoms with E-state index in [9.17, 15) is 9.59 Å². The molecular formula is C14H19NO6. The summed E-state index contributed by atoms with van der Waals surface area (Å²) in [6, 6.07) is 4.28. The summed E-state index contributed by atoms with van der Waals surface area (Å²) in [5.74, 6) is -0.894. The van der Waals surface area contributed by atoms with Gasteiger partial charge in [0.15, 0.2) is 0 Å². The molecule has 1 unspecified atom stereocenters. The fourth-order valence-electron chi connectivity index (χ4n) is 1.81. The van der Waals surface area contributed by atoms with Crippen molar-refractivity contribution in [1.29, 1.82) is 0 Å². The molecule has 1 aromatic rings. The van der Waals surface area contributed by atoms with Crippen molar-refractivity contribution in [1.82, 2.24) is 5.32 Å². The average Bonchev–Trinajstić information content (AvgIpc) is 2.46. The summed E-state index contributed by atoms with van der Waals surface area (Å²) < 4.78 is 10.3. The number of hydrogen-bond acceptors (Lipinski definition) is 5. The van der Waals surface area contributed by atoms with Crippen LogP contribution < -0.4 is 14.8 Å². The average molecular weight is 297 g/mol. The molecule has 0 spiro atoms. The lowest BCUT2D eigenvalue weighted by molar-refractivity contribution is -0.140. The maximum Gasteiger partial charge on any atom is 0.320 e. The highest BCUT2D eigenvalue weighted by Crippen LogP contribution is 2.24. The third-order valence-electron chi connectivity index (χ3n) is 2.98. The minimum Gasteiger partial charge on any atom is -0.497 e. The maximum atomic E-state index is 11.1. The standard InChI is InChI=1S/C14H19NO6/c1-20-10-4-3-9(12(7-10)21-2)8-15-11(14(18)19)5-6-13(16)17/h3-4,7,11,15H,5-6,8H2,1-2H3,(H,16,17)(H,18,19). The Morgan fingerprint density at radius 1 is 1.24 bits per heavy atom. The first-order valence-electron chi connectivity index (χ1n) is 6.36. The smallest absolute Gasteiger partial charge is 0.320 e. The molecule has 21 heavy (non-hydrogen) atoms. The van der Waals surface area contributed by atoms with Gasteiger partial charge in [0.2, 0.25) is 0 Å². The number of hydrogen-bond donors (Lipinski definition) is 3. The van der Waals surface area contributed by atoms with Gasteiger partial charge in [0.05, 0.1) is 14.2 Å². The van der Waals surface area contributed by atoms with Crippen molar-refractivity contribution in [3.05, 3.63) is 23.8 Å². The molecule has 0 aliphatic rings. The second kappa shape index (κ2) is 8.11. The van der Waals surface area contributed by atoms with Crippen LogP contribution in [0.4, 0.5) is 0 Å². The van der Waals surface area contributed by atoms with E-state index in [-0.39, 0.29) is 19.4 Å². The molecule has 0 fully saturated rings. The van der Waals surface area contributed by atoms with Gasteiger partial charge in [-0.05, 0) is 12.5 Å². The fraction of sp³-hybridized carbons (Fsp3) is 0.429. The number of rotatable bonds is 9. The van der Waals surface area contributed by atoms with Crippen LogP contribution in [-0.4, -0.2) is 42.4 Å². The number of ether oxygens (including phenoxy) is 2. The third-order valence-corrected chi connectivity index (χ3v) is 2.98. The van der Waals surface area contributed by atoms with E-state index in [2.05, 4.69) is 5.32 Å². The van der Waals surface area contributed by atoms with Crippen LogP contribution in [-0.2, 0) is 16.1 Å². The number of aliphatic carboxylic acids is 2. The summed E-state index contributed by atoms with van der Waals surface area (Å²) in [4.78, 5) is 21.6. The molecule has 0 aliphatic carbocycles. The quantitative estimate of drug-likeness (QED) is 0.627. The zero-order valence-corrected chi connectivity index (χ0v) is 12.0. The van der Waals surface area contributed by atoms with Gasteiger partial charge in [-0.3, -0.25) is 9.59 Å². The number of carbonyl (C=O) groups is 2. The van der Waals surface area contributed by atoms with Crippen molar-refractivity contribution in [3.8, 4) is 11.5 Å². The van der Waals surface area contributed by atoms with E-state index in [1.165, 1.54) is 7.11 Å². The van der Waals surface area contributed by atoms with E-state index in [1.54, 1.807) is 25.3 Å². The molecule has 3 N–H and O–H groups in total. The largest absolute Gasteiger partial charge is 0.497 e. The van der Waals surface area contributed by atoms with Crippen LogP contribution in [0.15, 0.2) is 18.2 Å². The van der Waals surface area contributed by atoms with Crippen molar-refractivity contribution in [2.45, 2.75) is 25.4 Å².